The largest absolute Gasteiger partial charge is 0.357 e. The first-order chi connectivity index (χ1) is 17.8. The first-order valence-corrected chi connectivity index (χ1v) is 11.8. The van der Waals surface area contributed by atoms with Crippen molar-refractivity contribution in [3.8, 4) is 22.4 Å². The summed E-state index contributed by atoms with van der Waals surface area (Å²) in [5.74, 6) is 0.349. The monoisotopic (exact) mass is 528 g/mol. The average Bonchev–Trinajstić information content (AvgIpc) is 2.91. The summed E-state index contributed by atoms with van der Waals surface area (Å²) in [5.41, 5.74) is 7.21. The van der Waals surface area contributed by atoms with Crippen LogP contribution in [0.5, 0.6) is 0 Å². The van der Waals surface area contributed by atoms with Gasteiger partial charge in [0, 0.05) is 40.3 Å². The number of alkyl halides is 2. The molecule has 4 heterocycles. The second-order valence-corrected chi connectivity index (χ2v) is 8.90. The van der Waals surface area contributed by atoms with Crippen molar-refractivity contribution in [3.05, 3.63) is 69.7 Å². The lowest BCUT2D eigenvalue weighted by Crippen LogP contribution is -2.43. The van der Waals surface area contributed by atoms with E-state index in [1.165, 1.54) is 16.7 Å². The van der Waals surface area contributed by atoms with E-state index in [-0.39, 0.29) is 28.9 Å². The predicted octanol–water partition coefficient (Wildman–Crippen LogP) is 3.85. The Bertz CT molecular complexity index is 1510. The number of nitrogens with two attached hydrogens (primary N) is 1. The minimum absolute atomic E-state index is 0.0795. The number of ether oxygens (including phenoxy) is 2. The van der Waals surface area contributed by atoms with Crippen LogP contribution in [0.1, 0.15) is 12.1 Å². The molecule has 1 aliphatic heterocycles. The van der Waals surface area contributed by atoms with Gasteiger partial charge in [0.05, 0.1) is 31.5 Å². The van der Waals surface area contributed by atoms with E-state index in [0.717, 1.165) is 0 Å². The number of nitrogens with zero attached hydrogens (tertiary/aromatic N) is 4. The standard InChI is InChI=1S/C25H23ClF2N6O3/c1-30-25-31-9-14-7-17(24(35)34(23(14)33-25)10-21-36-11-15(29)12-37-21)16-6-5-13(8-18(16)26)19-3-2-4-20(32-19)22(27)28/h2-9,15,21-22H,10-12,29H2,1H3,(H,30,31,33). The normalized spacial score (nSPS) is 17.9. The molecular weight excluding hydrogens is 506 g/mol. The van der Waals surface area contributed by atoms with Crippen LogP contribution in [0.3, 0.4) is 0 Å². The van der Waals surface area contributed by atoms with Crippen LogP contribution < -0.4 is 16.6 Å². The van der Waals surface area contributed by atoms with E-state index in [9.17, 15) is 13.6 Å². The molecule has 0 aliphatic carbocycles. The van der Waals surface area contributed by atoms with Gasteiger partial charge in [-0.25, -0.2) is 18.7 Å². The van der Waals surface area contributed by atoms with E-state index < -0.39 is 12.7 Å². The van der Waals surface area contributed by atoms with Gasteiger partial charge in [0.25, 0.3) is 12.0 Å². The first-order valence-electron chi connectivity index (χ1n) is 11.5. The highest BCUT2D eigenvalue weighted by atomic mass is 35.5. The van der Waals surface area contributed by atoms with Crippen molar-refractivity contribution in [2.75, 3.05) is 25.6 Å². The lowest BCUT2D eigenvalue weighted by molar-refractivity contribution is -0.191. The molecule has 3 aromatic heterocycles. The zero-order valence-electron chi connectivity index (χ0n) is 19.7. The maximum atomic E-state index is 13.7. The Morgan fingerprint density at radius 3 is 2.65 bits per heavy atom. The van der Waals surface area contributed by atoms with Crippen molar-refractivity contribution in [2.24, 2.45) is 5.73 Å². The maximum Gasteiger partial charge on any atom is 0.280 e. The lowest BCUT2D eigenvalue weighted by Gasteiger charge is -2.28. The highest BCUT2D eigenvalue weighted by Crippen LogP contribution is 2.32. The smallest absolute Gasteiger partial charge is 0.280 e. The third-order valence-corrected chi connectivity index (χ3v) is 6.24. The van der Waals surface area contributed by atoms with E-state index in [2.05, 4.69) is 20.3 Å². The number of hydrogen-bond donors (Lipinski definition) is 2. The van der Waals surface area contributed by atoms with Crippen LogP contribution in [0.15, 0.2) is 53.5 Å². The van der Waals surface area contributed by atoms with Crippen molar-refractivity contribution in [1.82, 2.24) is 19.5 Å². The summed E-state index contributed by atoms with van der Waals surface area (Å²) in [6, 6.07) is 10.8. The van der Waals surface area contributed by atoms with Crippen LogP contribution in [0, 0.1) is 0 Å². The molecule has 5 rings (SSSR count). The molecule has 1 aliphatic rings. The van der Waals surface area contributed by atoms with Crippen LogP contribution in [0.4, 0.5) is 14.7 Å². The zero-order chi connectivity index (χ0) is 26.1. The highest BCUT2D eigenvalue weighted by Gasteiger charge is 2.23. The second kappa shape index (κ2) is 10.5. The van der Waals surface area contributed by atoms with Gasteiger partial charge in [-0.15, -0.1) is 0 Å². The summed E-state index contributed by atoms with van der Waals surface area (Å²) in [4.78, 5) is 26.5. The van der Waals surface area contributed by atoms with Crippen LogP contribution >= 0.6 is 11.6 Å². The SMILES string of the molecule is CNc1ncc2cc(-c3ccc(-c4cccc(C(F)F)n4)cc3Cl)c(=O)n(CC3OCC(N)CO3)c2n1. The fourth-order valence-corrected chi connectivity index (χ4v) is 4.36. The molecule has 0 spiro atoms. The Kier molecular flexibility index (Phi) is 7.11. The number of rotatable bonds is 6. The first kappa shape index (κ1) is 25.2. The minimum atomic E-state index is -2.69. The second-order valence-electron chi connectivity index (χ2n) is 8.50. The van der Waals surface area contributed by atoms with Gasteiger partial charge in [-0.2, -0.15) is 4.98 Å². The topological polar surface area (TPSA) is 117 Å². The predicted molar refractivity (Wildman–Crippen MR) is 136 cm³/mol. The number of nitrogens with one attached hydrogen (secondary N) is 1. The minimum Gasteiger partial charge on any atom is -0.357 e. The average molecular weight is 529 g/mol. The Morgan fingerprint density at radius 2 is 1.95 bits per heavy atom. The van der Waals surface area contributed by atoms with Gasteiger partial charge in [0.1, 0.15) is 11.3 Å². The number of fused-ring (bicyclic) bond motifs is 1. The van der Waals surface area contributed by atoms with E-state index in [1.54, 1.807) is 43.6 Å². The number of halogens is 3. The Hall–Kier alpha value is -3.51. The molecule has 12 heteroatoms. The van der Waals surface area contributed by atoms with Gasteiger partial charge >= 0.3 is 0 Å². The fraction of sp³-hybridized carbons (Fsp3) is 0.280. The zero-order valence-corrected chi connectivity index (χ0v) is 20.5. The molecule has 0 bridgehead atoms. The molecule has 0 unspecified atom stereocenters. The summed E-state index contributed by atoms with van der Waals surface area (Å²) in [7, 11) is 1.68. The van der Waals surface area contributed by atoms with Crippen LogP contribution in [0.2, 0.25) is 5.02 Å². The molecule has 1 saturated heterocycles. The van der Waals surface area contributed by atoms with Gasteiger partial charge in [-0.05, 0) is 24.3 Å². The summed E-state index contributed by atoms with van der Waals surface area (Å²) in [5, 5.41) is 3.73. The summed E-state index contributed by atoms with van der Waals surface area (Å²) in [6.07, 6.45) is -1.77. The molecule has 0 saturated carbocycles. The summed E-state index contributed by atoms with van der Waals surface area (Å²) >= 11 is 6.62. The molecule has 1 fully saturated rings. The maximum absolute atomic E-state index is 13.7. The van der Waals surface area contributed by atoms with Crippen LogP contribution in [-0.2, 0) is 16.0 Å². The fourth-order valence-electron chi connectivity index (χ4n) is 4.08. The Morgan fingerprint density at radius 1 is 1.16 bits per heavy atom. The van der Waals surface area contributed by atoms with Crippen molar-refractivity contribution in [2.45, 2.75) is 25.3 Å². The number of pyridine rings is 2. The van der Waals surface area contributed by atoms with E-state index in [0.29, 0.717) is 52.6 Å². The third-order valence-electron chi connectivity index (χ3n) is 5.92. The van der Waals surface area contributed by atoms with Crippen molar-refractivity contribution in [3.63, 3.8) is 0 Å². The van der Waals surface area contributed by atoms with Gasteiger partial charge in [0.15, 0.2) is 6.29 Å². The van der Waals surface area contributed by atoms with Crippen LogP contribution in [-0.4, -0.2) is 52.1 Å². The number of hydrogen-bond acceptors (Lipinski definition) is 8. The van der Waals surface area contributed by atoms with Crippen LogP contribution in [0.25, 0.3) is 33.4 Å². The van der Waals surface area contributed by atoms with Crippen molar-refractivity contribution in [1.29, 1.82) is 0 Å². The number of benzene rings is 1. The highest BCUT2D eigenvalue weighted by molar-refractivity contribution is 6.33. The summed E-state index contributed by atoms with van der Waals surface area (Å²) < 4.78 is 39.0. The molecule has 192 valence electrons. The molecule has 3 N–H and O–H groups in total. The van der Waals surface area contributed by atoms with Gasteiger partial charge in [0.2, 0.25) is 5.95 Å². The molecule has 9 nitrogen and oxygen atoms in total. The van der Waals surface area contributed by atoms with Crippen molar-refractivity contribution < 1.29 is 18.3 Å². The van der Waals surface area contributed by atoms with Crippen molar-refractivity contribution >= 4 is 28.6 Å². The molecule has 4 aromatic rings. The quantitative estimate of drug-likeness (QED) is 0.387. The van der Waals surface area contributed by atoms with Gasteiger partial charge in [-0.1, -0.05) is 29.8 Å². The summed E-state index contributed by atoms with van der Waals surface area (Å²) in [6.45, 7) is 0.694. The molecule has 0 amide bonds. The molecule has 0 atom stereocenters. The Labute approximate surface area is 215 Å². The lowest BCUT2D eigenvalue weighted by atomic mass is 10.0. The molecule has 0 radical (unpaired) electrons. The van der Waals surface area contributed by atoms with Gasteiger partial charge < -0.3 is 20.5 Å². The third kappa shape index (κ3) is 5.16. The molecular formula is C25H23ClF2N6O3. The number of aromatic nitrogens is 4. The number of anilines is 1. The molecule has 37 heavy (non-hydrogen) atoms. The van der Waals surface area contributed by atoms with Gasteiger partial charge in [-0.3, -0.25) is 9.36 Å². The Balaban J connectivity index is 1.59. The molecule has 1 aromatic carbocycles. The van der Waals surface area contributed by atoms with E-state index >= 15 is 0 Å². The van der Waals surface area contributed by atoms with E-state index in [1.807, 2.05) is 0 Å². The van der Waals surface area contributed by atoms with E-state index in [4.69, 9.17) is 26.8 Å².